The van der Waals surface area contributed by atoms with Crippen molar-refractivity contribution in [1.82, 2.24) is 10.3 Å². The number of hydrogen-bond acceptors (Lipinski definition) is 10. The number of carboxylic acids is 1. The van der Waals surface area contributed by atoms with Gasteiger partial charge < -0.3 is 35.8 Å². The second-order valence-electron chi connectivity index (χ2n) is 4.01. The molecule has 12 heteroatoms. The molecule has 0 unspecified atom stereocenters. The lowest BCUT2D eigenvalue weighted by atomic mass is 9.92. The first kappa shape index (κ1) is 17.9. The number of nitrogens with two attached hydrogens (primary N) is 1. The molecule has 1 aromatic heterocycles. The van der Waals surface area contributed by atoms with Crippen LogP contribution in [0, 0.1) is 0 Å². The number of aliphatic carboxylic acids is 1. The molecule has 0 bridgehead atoms. The molecular formula is C10H14BN4O6S-. The summed E-state index contributed by atoms with van der Waals surface area (Å²) in [4.78, 5) is 30.9. The molecule has 120 valence electrons. The van der Waals surface area contributed by atoms with Gasteiger partial charge in [-0.15, -0.1) is 11.3 Å². The van der Waals surface area contributed by atoms with E-state index in [0.29, 0.717) is 0 Å². The highest BCUT2D eigenvalue weighted by molar-refractivity contribution is 7.13. The molecular weight excluding hydrogens is 315 g/mol. The number of amides is 1. The molecule has 0 atom stereocenters. The number of anilines is 1. The Morgan fingerprint density at radius 3 is 2.82 bits per heavy atom. The van der Waals surface area contributed by atoms with Gasteiger partial charge in [0.2, 0.25) is 0 Å². The minimum atomic E-state index is -1.71. The van der Waals surface area contributed by atoms with Gasteiger partial charge in [0.1, 0.15) is 12.3 Å². The predicted octanol–water partition coefficient (Wildman–Crippen LogP) is -2.90. The van der Waals surface area contributed by atoms with Crippen molar-refractivity contribution in [3.8, 4) is 0 Å². The molecule has 0 aliphatic rings. The fourth-order valence-electron chi connectivity index (χ4n) is 1.26. The maximum Gasteiger partial charge on any atom is 0.472 e. The Balaban J connectivity index is 2.69. The van der Waals surface area contributed by atoms with Gasteiger partial charge >= 0.3 is 7.12 Å². The van der Waals surface area contributed by atoms with E-state index in [0.717, 1.165) is 11.3 Å². The molecule has 0 radical (unpaired) electrons. The highest BCUT2D eigenvalue weighted by Crippen LogP contribution is 2.12. The van der Waals surface area contributed by atoms with Crippen LogP contribution in [0.2, 0.25) is 0 Å². The van der Waals surface area contributed by atoms with Crippen molar-refractivity contribution in [1.29, 1.82) is 0 Å². The summed E-state index contributed by atoms with van der Waals surface area (Å²) in [5.41, 5.74) is 5.43. The van der Waals surface area contributed by atoms with E-state index in [1.807, 2.05) is 0 Å². The number of oxime groups is 1. The number of thiazole rings is 1. The smallest absolute Gasteiger partial charge is 0.472 e. The van der Waals surface area contributed by atoms with Gasteiger partial charge in [0, 0.05) is 11.3 Å². The van der Waals surface area contributed by atoms with Crippen LogP contribution < -0.4 is 16.2 Å². The molecule has 0 spiro atoms. The highest BCUT2D eigenvalue weighted by atomic mass is 32.1. The fraction of sp³-hybridized carbons (Fsp3) is 0.400. The second-order valence-corrected chi connectivity index (χ2v) is 4.90. The molecule has 5 N–H and O–H groups in total. The number of aromatic nitrogens is 1. The first-order valence-electron chi connectivity index (χ1n) is 6.15. The summed E-state index contributed by atoms with van der Waals surface area (Å²) in [6, 6.07) is 0. The molecule has 0 saturated heterocycles. The number of nitrogens with zero attached hydrogens (tertiary/aromatic N) is 2. The zero-order chi connectivity index (χ0) is 16.5. The third kappa shape index (κ3) is 6.52. The van der Waals surface area contributed by atoms with Gasteiger partial charge in [-0.05, 0) is 12.8 Å². The van der Waals surface area contributed by atoms with Gasteiger partial charge in [0.25, 0.3) is 5.91 Å². The molecule has 0 fully saturated rings. The van der Waals surface area contributed by atoms with Gasteiger partial charge in [0.15, 0.2) is 10.8 Å². The van der Waals surface area contributed by atoms with Crippen LogP contribution in [0.1, 0.15) is 18.5 Å². The van der Waals surface area contributed by atoms with Crippen molar-refractivity contribution in [2.24, 2.45) is 5.16 Å². The number of carbonyl (C=O) groups excluding carboxylic acids is 2. The summed E-state index contributed by atoms with van der Waals surface area (Å²) in [6.45, 7) is -0.0347. The maximum atomic E-state index is 11.9. The van der Waals surface area contributed by atoms with E-state index in [2.05, 4.69) is 15.5 Å². The van der Waals surface area contributed by atoms with Gasteiger partial charge in [-0.25, -0.2) is 4.98 Å². The molecule has 1 amide bonds. The van der Waals surface area contributed by atoms with Gasteiger partial charge in [0.05, 0.1) is 6.44 Å². The summed E-state index contributed by atoms with van der Waals surface area (Å²) < 4.78 is 0. The molecule has 0 aromatic carbocycles. The molecule has 0 saturated carbocycles. The zero-order valence-electron chi connectivity index (χ0n) is 11.4. The van der Waals surface area contributed by atoms with Gasteiger partial charge in [-0.1, -0.05) is 5.16 Å². The quantitative estimate of drug-likeness (QED) is 0.162. The summed E-state index contributed by atoms with van der Waals surface area (Å²) in [6.07, 6.45) is -0.436. The molecule has 0 aliphatic carbocycles. The van der Waals surface area contributed by atoms with Crippen LogP contribution in [0.3, 0.4) is 0 Å². The Labute approximate surface area is 129 Å². The van der Waals surface area contributed by atoms with Crippen LogP contribution in [0.25, 0.3) is 0 Å². The largest absolute Gasteiger partial charge is 0.550 e. The van der Waals surface area contributed by atoms with Crippen molar-refractivity contribution in [3.05, 3.63) is 11.1 Å². The molecule has 1 heterocycles. The number of carbonyl (C=O) groups is 2. The maximum absolute atomic E-state index is 11.9. The first-order valence-corrected chi connectivity index (χ1v) is 7.03. The van der Waals surface area contributed by atoms with Crippen molar-refractivity contribution in [2.45, 2.75) is 12.8 Å². The number of hydrogen-bond donors (Lipinski definition) is 4. The third-order valence-corrected chi connectivity index (χ3v) is 2.87. The molecule has 1 rings (SSSR count). The van der Waals surface area contributed by atoms with E-state index in [1.54, 1.807) is 0 Å². The number of rotatable bonds is 9. The Morgan fingerprint density at radius 1 is 1.55 bits per heavy atom. The lowest BCUT2D eigenvalue weighted by Crippen LogP contribution is -2.39. The Bertz CT molecular complexity index is 549. The van der Waals surface area contributed by atoms with Crippen LogP contribution in [-0.4, -0.2) is 52.8 Å². The van der Waals surface area contributed by atoms with Crippen molar-refractivity contribution >= 4 is 41.2 Å². The Hall–Kier alpha value is -2.18. The van der Waals surface area contributed by atoms with Crippen molar-refractivity contribution in [3.63, 3.8) is 0 Å². The van der Waals surface area contributed by atoms with Crippen molar-refractivity contribution in [2.75, 3.05) is 18.8 Å². The van der Waals surface area contributed by atoms with Gasteiger partial charge in [-0.3, -0.25) is 4.79 Å². The molecule has 1 aromatic rings. The standard InChI is InChI=1S/C10H15BN4O6S/c12-10-14-6(4-22-10)8(9(18)13-5-11(19)20)15-21-3-1-2-7(16)17/h4,19-20H,1-3,5H2,(H2,12,14)(H,13,18)(H,16,17)/p-1/b15-8+. The average Bonchev–Trinajstić information content (AvgIpc) is 2.86. The van der Waals surface area contributed by atoms with Crippen LogP contribution in [0.4, 0.5) is 5.13 Å². The van der Waals surface area contributed by atoms with E-state index >= 15 is 0 Å². The topological polar surface area (TPSA) is 170 Å². The van der Waals surface area contributed by atoms with E-state index in [-0.39, 0.29) is 36.0 Å². The normalized spacial score (nSPS) is 11.1. The summed E-state index contributed by atoms with van der Waals surface area (Å²) in [5, 5.41) is 35.2. The van der Waals surface area contributed by atoms with E-state index < -0.39 is 25.4 Å². The third-order valence-electron chi connectivity index (χ3n) is 2.20. The fourth-order valence-corrected chi connectivity index (χ4v) is 1.81. The van der Waals surface area contributed by atoms with Crippen LogP contribution in [0.15, 0.2) is 10.5 Å². The average molecular weight is 329 g/mol. The SMILES string of the molecule is Nc1nc(/C(=N\OCCCC(=O)[O-])C(=O)NCB(O)O)cs1. The second kappa shape index (κ2) is 8.97. The highest BCUT2D eigenvalue weighted by Gasteiger charge is 2.20. The summed E-state index contributed by atoms with van der Waals surface area (Å²) in [5.74, 6) is -1.95. The van der Waals surface area contributed by atoms with Crippen molar-refractivity contribution < 1.29 is 29.6 Å². The van der Waals surface area contributed by atoms with E-state index in [1.165, 1.54) is 5.38 Å². The monoisotopic (exact) mass is 329 g/mol. The Morgan fingerprint density at radius 2 is 2.27 bits per heavy atom. The lowest BCUT2D eigenvalue weighted by Gasteiger charge is -2.06. The number of nitrogens with one attached hydrogen (secondary N) is 1. The number of nitrogen functional groups attached to an aromatic ring is 1. The number of carboxylic acid groups (broad SMARTS) is 1. The van der Waals surface area contributed by atoms with Gasteiger partial charge in [-0.2, -0.15) is 0 Å². The predicted molar refractivity (Wildman–Crippen MR) is 76.5 cm³/mol. The minimum absolute atomic E-state index is 0.0347. The summed E-state index contributed by atoms with van der Waals surface area (Å²) >= 11 is 1.09. The van der Waals surface area contributed by atoms with E-state index in [4.69, 9.17) is 20.6 Å². The lowest BCUT2D eigenvalue weighted by molar-refractivity contribution is -0.305. The summed E-state index contributed by atoms with van der Waals surface area (Å²) in [7, 11) is -1.71. The van der Waals surface area contributed by atoms with Crippen LogP contribution in [0.5, 0.6) is 0 Å². The van der Waals surface area contributed by atoms with Crippen LogP contribution >= 0.6 is 11.3 Å². The molecule has 10 nitrogen and oxygen atoms in total. The first-order chi connectivity index (χ1) is 10.4. The van der Waals surface area contributed by atoms with Crippen LogP contribution in [-0.2, 0) is 14.4 Å². The molecule has 22 heavy (non-hydrogen) atoms. The molecule has 0 aliphatic heterocycles. The van der Waals surface area contributed by atoms with E-state index in [9.17, 15) is 14.7 Å². The zero-order valence-corrected chi connectivity index (χ0v) is 12.2. The Kier molecular flexibility index (Phi) is 7.29. The minimum Gasteiger partial charge on any atom is -0.550 e.